The third kappa shape index (κ3) is 6.01. The highest BCUT2D eigenvalue weighted by Crippen LogP contribution is 2.32. The number of carbonyl (C=O) groups is 1. The molecule has 2 amide bonds. The molecule has 0 heterocycles. The van der Waals surface area contributed by atoms with Gasteiger partial charge in [-0.1, -0.05) is 21.9 Å². The summed E-state index contributed by atoms with van der Waals surface area (Å²) in [6.07, 6.45) is 6.69. The molecule has 2 aromatic rings. The Morgan fingerprint density at radius 3 is 2.70 bits per heavy atom. The van der Waals surface area contributed by atoms with E-state index in [9.17, 15) is 4.79 Å². The Kier molecular flexibility index (Phi) is 7.70. The number of methoxy groups -OCH3 is 1. The van der Waals surface area contributed by atoms with Crippen LogP contribution in [0, 0.1) is 19.3 Å². The molecule has 0 aliphatic carbocycles. The van der Waals surface area contributed by atoms with E-state index in [1.807, 2.05) is 19.1 Å². The number of ether oxygens (including phenoxy) is 2. The Labute approximate surface area is 174 Å². The minimum atomic E-state index is -0.454. The van der Waals surface area contributed by atoms with E-state index in [0.717, 1.165) is 10.0 Å². The van der Waals surface area contributed by atoms with Crippen molar-refractivity contribution in [2.45, 2.75) is 6.92 Å². The quantitative estimate of drug-likeness (QED) is 0.347. The van der Waals surface area contributed by atoms with Crippen molar-refractivity contribution in [2.24, 2.45) is 5.10 Å². The molecule has 0 aliphatic heterocycles. The second-order valence-corrected chi connectivity index (χ2v) is 7.01. The average molecular weight is 495 g/mol. The molecule has 0 atom stereocenters. The summed E-state index contributed by atoms with van der Waals surface area (Å²) in [4.78, 5) is 12.0. The van der Waals surface area contributed by atoms with Crippen molar-refractivity contribution in [1.82, 2.24) is 5.43 Å². The maximum Gasteiger partial charge on any atom is 0.339 e. The molecule has 0 radical (unpaired) electrons. The number of urea groups is 1. The number of hydrazone groups is 1. The largest absolute Gasteiger partial charge is 0.493 e. The minimum Gasteiger partial charge on any atom is -0.493 e. The molecule has 0 bridgehead atoms. The van der Waals surface area contributed by atoms with E-state index in [4.69, 9.17) is 15.9 Å². The third-order valence-electron chi connectivity index (χ3n) is 3.38. The number of amides is 2. The molecule has 0 fully saturated rings. The SMILES string of the molecule is C#CCOc1cc(Br)c(/C=N/NC(=O)Nc2ccc(Br)c(C)c2)cc1OC. The second-order valence-electron chi connectivity index (χ2n) is 5.31. The Bertz CT molecular complexity index is 908. The first-order valence-electron chi connectivity index (χ1n) is 7.74. The van der Waals surface area contributed by atoms with Crippen molar-refractivity contribution in [3.8, 4) is 23.8 Å². The lowest BCUT2D eigenvalue weighted by Gasteiger charge is -2.11. The van der Waals surface area contributed by atoms with Crippen LogP contribution in [-0.2, 0) is 0 Å². The predicted molar refractivity (Wildman–Crippen MR) is 114 cm³/mol. The molecular formula is C19H17Br2N3O3. The van der Waals surface area contributed by atoms with Gasteiger partial charge >= 0.3 is 6.03 Å². The van der Waals surface area contributed by atoms with Crippen LogP contribution < -0.4 is 20.2 Å². The van der Waals surface area contributed by atoms with Crippen LogP contribution in [0.25, 0.3) is 0 Å². The van der Waals surface area contributed by atoms with Crippen LogP contribution in [-0.4, -0.2) is 26.0 Å². The van der Waals surface area contributed by atoms with Crippen LogP contribution in [0.2, 0.25) is 0 Å². The molecule has 2 N–H and O–H groups in total. The van der Waals surface area contributed by atoms with Gasteiger partial charge in [-0.2, -0.15) is 5.10 Å². The van der Waals surface area contributed by atoms with E-state index in [0.29, 0.717) is 27.2 Å². The highest BCUT2D eigenvalue weighted by molar-refractivity contribution is 9.10. The maximum atomic E-state index is 12.0. The molecule has 0 aromatic heterocycles. The van der Waals surface area contributed by atoms with E-state index in [-0.39, 0.29) is 6.61 Å². The Morgan fingerprint density at radius 1 is 1.26 bits per heavy atom. The van der Waals surface area contributed by atoms with Crippen molar-refractivity contribution in [3.05, 3.63) is 50.4 Å². The lowest BCUT2D eigenvalue weighted by atomic mass is 10.2. The fourth-order valence-electron chi connectivity index (χ4n) is 2.08. The van der Waals surface area contributed by atoms with Gasteiger partial charge in [-0.15, -0.1) is 6.42 Å². The van der Waals surface area contributed by atoms with Gasteiger partial charge in [-0.3, -0.25) is 0 Å². The summed E-state index contributed by atoms with van der Waals surface area (Å²) in [5.41, 5.74) is 4.79. The van der Waals surface area contributed by atoms with E-state index in [1.165, 1.54) is 13.3 Å². The monoisotopic (exact) mass is 493 g/mol. The van der Waals surface area contributed by atoms with Crippen molar-refractivity contribution >= 4 is 49.8 Å². The Balaban J connectivity index is 2.03. The average Bonchev–Trinajstić information content (AvgIpc) is 2.64. The fourth-order valence-corrected chi connectivity index (χ4v) is 2.75. The molecule has 0 unspecified atom stereocenters. The van der Waals surface area contributed by atoms with Crippen molar-refractivity contribution < 1.29 is 14.3 Å². The second kappa shape index (κ2) is 10.00. The van der Waals surface area contributed by atoms with Gasteiger partial charge in [0.1, 0.15) is 6.61 Å². The number of halogens is 2. The molecule has 0 spiro atoms. The summed E-state index contributed by atoms with van der Waals surface area (Å²) in [5, 5.41) is 6.66. The topological polar surface area (TPSA) is 72.0 Å². The lowest BCUT2D eigenvalue weighted by Crippen LogP contribution is -2.24. The standard InChI is InChI=1S/C19H17Br2N3O3/c1-4-7-27-18-10-16(21)13(9-17(18)26-3)11-22-24-19(25)23-14-5-6-15(20)12(2)8-14/h1,5-6,8-11H,7H2,2-3H3,(H2,23,24,25)/b22-11+. The molecule has 27 heavy (non-hydrogen) atoms. The van der Waals surface area contributed by atoms with E-state index >= 15 is 0 Å². The van der Waals surface area contributed by atoms with Gasteiger partial charge in [-0.25, -0.2) is 10.2 Å². The number of rotatable bonds is 6. The highest BCUT2D eigenvalue weighted by Gasteiger charge is 2.09. The summed E-state index contributed by atoms with van der Waals surface area (Å²) in [6.45, 7) is 2.07. The smallest absolute Gasteiger partial charge is 0.339 e. The number of anilines is 1. The number of terminal acetylenes is 1. The van der Waals surface area contributed by atoms with E-state index in [2.05, 4.69) is 53.6 Å². The zero-order chi connectivity index (χ0) is 19.8. The highest BCUT2D eigenvalue weighted by atomic mass is 79.9. The maximum absolute atomic E-state index is 12.0. The van der Waals surface area contributed by atoms with Gasteiger partial charge in [0, 0.05) is 20.2 Å². The molecule has 6 nitrogen and oxygen atoms in total. The zero-order valence-corrected chi connectivity index (χ0v) is 17.8. The minimum absolute atomic E-state index is 0.132. The molecule has 2 rings (SSSR count). The summed E-state index contributed by atoms with van der Waals surface area (Å²) >= 11 is 6.84. The number of nitrogens with zero attached hydrogens (tertiary/aromatic N) is 1. The van der Waals surface area contributed by atoms with Crippen LogP contribution in [0.5, 0.6) is 11.5 Å². The van der Waals surface area contributed by atoms with Crippen LogP contribution in [0.4, 0.5) is 10.5 Å². The van der Waals surface area contributed by atoms with Crippen LogP contribution >= 0.6 is 31.9 Å². The van der Waals surface area contributed by atoms with Crippen molar-refractivity contribution in [3.63, 3.8) is 0 Å². The molecular weight excluding hydrogens is 478 g/mol. The number of hydrogen-bond donors (Lipinski definition) is 2. The van der Waals surface area contributed by atoms with Gasteiger partial charge in [0.25, 0.3) is 0 Å². The number of hydrogen-bond acceptors (Lipinski definition) is 4. The summed E-state index contributed by atoms with van der Waals surface area (Å²) in [5.74, 6) is 3.41. The van der Waals surface area contributed by atoms with Gasteiger partial charge in [0.2, 0.25) is 0 Å². The normalized spacial score (nSPS) is 10.3. The number of aryl methyl sites for hydroxylation is 1. The third-order valence-corrected chi connectivity index (χ3v) is 4.96. The Hall–Kier alpha value is -2.50. The van der Waals surface area contributed by atoms with Crippen LogP contribution in [0.15, 0.2) is 44.4 Å². The van der Waals surface area contributed by atoms with Gasteiger partial charge in [0.05, 0.1) is 13.3 Å². The van der Waals surface area contributed by atoms with Gasteiger partial charge in [0.15, 0.2) is 11.5 Å². The molecule has 2 aromatic carbocycles. The number of benzene rings is 2. The zero-order valence-electron chi connectivity index (χ0n) is 14.7. The molecule has 140 valence electrons. The van der Waals surface area contributed by atoms with Gasteiger partial charge < -0.3 is 14.8 Å². The van der Waals surface area contributed by atoms with Crippen molar-refractivity contribution in [2.75, 3.05) is 19.0 Å². The molecule has 0 aliphatic rings. The van der Waals surface area contributed by atoms with Crippen LogP contribution in [0.1, 0.15) is 11.1 Å². The van der Waals surface area contributed by atoms with Crippen LogP contribution in [0.3, 0.4) is 0 Å². The molecule has 8 heteroatoms. The lowest BCUT2D eigenvalue weighted by molar-refractivity contribution is 0.252. The fraction of sp³-hybridized carbons (Fsp3) is 0.158. The van der Waals surface area contributed by atoms with Crippen molar-refractivity contribution in [1.29, 1.82) is 0 Å². The predicted octanol–water partition coefficient (Wildman–Crippen LogP) is 4.70. The first kappa shape index (κ1) is 20.8. The number of carbonyl (C=O) groups excluding carboxylic acids is 1. The number of nitrogens with one attached hydrogen (secondary N) is 2. The summed E-state index contributed by atoms with van der Waals surface area (Å²) in [7, 11) is 1.53. The Morgan fingerprint density at radius 2 is 2.04 bits per heavy atom. The van der Waals surface area contributed by atoms with E-state index < -0.39 is 6.03 Å². The summed E-state index contributed by atoms with van der Waals surface area (Å²) < 4.78 is 12.4. The summed E-state index contributed by atoms with van der Waals surface area (Å²) in [6, 6.07) is 8.49. The van der Waals surface area contributed by atoms with Gasteiger partial charge in [-0.05, 0) is 58.7 Å². The van der Waals surface area contributed by atoms with E-state index in [1.54, 1.807) is 18.2 Å². The molecule has 0 saturated carbocycles. The first-order chi connectivity index (χ1) is 12.9. The first-order valence-corrected chi connectivity index (χ1v) is 9.33. The molecule has 0 saturated heterocycles.